The van der Waals surface area contributed by atoms with Gasteiger partial charge in [-0.1, -0.05) is 84.0 Å². The van der Waals surface area contributed by atoms with E-state index < -0.39 is 0 Å². The normalized spacial score (nSPS) is 11.0. The number of benzene rings is 3. The number of hydrogen-bond donors (Lipinski definition) is 1. The van der Waals surface area contributed by atoms with Crippen LogP contribution < -0.4 is 5.32 Å². The summed E-state index contributed by atoms with van der Waals surface area (Å²) >= 11 is 0. The maximum Gasteiger partial charge on any atom is 0.329 e. The second-order valence-corrected chi connectivity index (χ2v) is 6.14. The number of para-hydroxylation sites is 1. The molecule has 1 N–H and O–H groups in total. The topological polar surface area (TPSA) is 55.4 Å². The third-order valence-corrected chi connectivity index (χ3v) is 4.38. The van der Waals surface area contributed by atoms with Crippen LogP contribution in [0.4, 0.5) is 11.6 Å². The van der Waals surface area contributed by atoms with Crippen LogP contribution in [-0.2, 0) is 0 Å². The van der Waals surface area contributed by atoms with Crippen molar-refractivity contribution < 1.29 is 4.42 Å². The zero-order valence-electron chi connectivity index (χ0n) is 14.4. The van der Waals surface area contributed by atoms with E-state index in [1.807, 2.05) is 83.3 Å². The zero-order valence-corrected chi connectivity index (χ0v) is 14.4. The molecule has 0 saturated carbocycles. The number of fused-ring (bicyclic) bond motifs is 1. The molecule has 5 aromatic rings. The van der Waals surface area contributed by atoms with E-state index in [9.17, 15) is 0 Å². The van der Waals surface area contributed by atoms with Crippen molar-refractivity contribution in [3.63, 3.8) is 0 Å². The molecule has 0 spiro atoms. The number of aromatic nitrogens is 3. The summed E-state index contributed by atoms with van der Waals surface area (Å²) in [5, 5.41) is 11.8. The van der Waals surface area contributed by atoms with Gasteiger partial charge in [-0.15, -0.1) is 5.10 Å². The van der Waals surface area contributed by atoms with E-state index in [0.29, 0.717) is 11.8 Å². The molecular weight excluding hydrogens is 336 g/mol. The van der Waals surface area contributed by atoms with E-state index in [4.69, 9.17) is 4.42 Å². The molecule has 2 aromatic heterocycles. The lowest BCUT2D eigenvalue weighted by Gasteiger charge is -2.07. The number of hydrogen-bond acceptors (Lipinski definition) is 4. The summed E-state index contributed by atoms with van der Waals surface area (Å²) in [6.45, 7) is 0. The summed E-state index contributed by atoms with van der Waals surface area (Å²) in [5.41, 5.74) is 3.88. The molecule has 0 amide bonds. The molecule has 0 aliphatic carbocycles. The molecule has 0 bridgehead atoms. The Morgan fingerprint density at radius 2 is 1.26 bits per heavy atom. The number of anilines is 2. The average Bonchev–Trinajstić information content (AvgIpc) is 3.30. The number of oxazole rings is 1. The predicted octanol–water partition coefficient (Wildman–Crippen LogP) is 5.40. The van der Waals surface area contributed by atoms with E-state index in [1.54, 1.807) is 0 Å². The summed E-state index contributed by atoms with van der Waals surface area (Å²) in [4.78, 5) is 0. The molecule has 0 fully saturated rings. The van der Waals surface area contributed by atoms with Crippen molar-refractivity contribution in [2.75, 3.05) is 5.32 Å². The first-order valence-corrected chi connectivity index (χ1v) is 8.71. The first-order valence-electron chi connectivity index (χ1n) is 8.71. The molecule has 5 nitrogen and oxygen atoms in total. The summed E-state index contributed by atoms with van der Waals surface area (Å²) < 4.78 is 8.03. The van der Waals surface area contributed by atoms with Gasteiger partial charge in [-0.05, 0) is 12.1 Å². The minimum atomic E-state index is 0.450. The van der Waals surface area contributed by atoms with E-state index >= 15 is 0 Å². The van der Waals surface area contributed by atoms with Gasteiger partial charge in [-0.25, -0.2) is 4.40 Å². The van der Waals surface area contributed by atoms with E-state index in [-0.39, 0.29) is 0 Å². The Morgan fingerprint density at radius 3 is 1.93 bits per heavy atom. The molecule has 0 saturated heterocycles. The summed E-state index contributed by atoms with van der Waals surface area (Å²) in [6.07, 6.45) is 0. The Bertz CT molecular complexity index is 1180. The number of nitrogens with zero attached hydrogens (tertiary/aromatic N) is 3. The number of rotatable bonds is 4. The van der Waals surface area contributed by atoms with Crippen molar-refractivity contribution in [3.8, 4) is 22.6 Å². The van der Waals surface area contributed by atoms with Gasteiger partial charge in [0, 0.05) is 16.8 Å². The van der Waals surface area contributed by atoms with Gasteiger partial charge in [0.15, 0.2) is 5.76 Å². The lowest BCUT2D eigenvalue weighted by molar-refractivity contribution is 0.607. The summed E-state index contributed by atoms with van der Waals surface area (Å²) in [7, 11) is 0. The molecule has 3 aromatic carbocycles. The summed E-state index contributed by atoms with van der Waals surface area (Å²) in [6, 6.07) is 30.1. The van der Waals surface area contributed by atoms with Crippen LogP contribution in [0, 0.1) is 0 Å². The third-order valence-electron chi connectivity index (χ3n) is 4.38. The van der Waals surface area contributed by atoms with Gasteiger partial charge in [-0.3, -0.25) is 0 Å². The predicted molar refractivity (Wildman–Crippen MR) is 106 cm³/mol. The highest BCUT2D eigenvalue weighted by atomic mass is 16.4. The lowest BCUT2D eigenvalue weighted by atomic mass is 10.1. The largest absolute Gasteiger partial charge is 0.421 e. The van der Waals surface area contributed by atoms with Crippen LogP contribution in [-0.4, -0.2) is 14.6 Å². The first-order chi connectivity index (χ1) is 13.4. The van der Waals surface area contributed by atoms with Crippen LogP contribution in [0.25, 0.3) is 28.4 Å². The second kappa shape index (κ2) is 6.46. The number of nitrogens with one attached hydrogen (secondary N) is 1. The molecule has 0 aliphatic rings. The molecule has 27 heavy (non-hydrogen) atoms. The summed E-state index contributed by atoms with van der Waals surface area (Å²) in [5.74, 6) is 1.83. The lowest BCUT2D eigenvalue weighted by Crippen LogP contribution is -1.98. The van der Waals surface area contributed by atoms with Crippen molar-refractivity contribution in [1.82, 2.24) is 14.6 Å². The van der Waals surface area contributed by atoms with Crippen molar-refractivity contribution >= 4 is 17.5 Å². The minimum Gasteiger partial charge on any atom is -0.421 e. The van der Waals surface area contributed by atoms with Crippen molar-refractivity contribution in [3.05, 3.63) is 91.0 Å². The Morgan fingerprint density at radius 1 is 0.667 bits per heavy atom. The Hall–Kier alpha value is -3.86. The van der Waals surface area contributed by atoms with Gasteiger partial charge in [0.25, 0.3) is 0 Å². The fourth-order valence-electron chi connectivity index (χ4n) is 3.15. The molecule has 0 aliphatic heterocycles. The maximum atomic E-state index is 6.11. The van der Waals surface area contributed by atoms with Gasteiger partial charge in [0.1, 0.15) is 5.69 Å². The van der Waals surface area contributed by atoms with Gasteiger partial charge in [-0.2, -0.15) is 0 Å². The Kier molecular flexibility index (Phi) is 3.68. The smallest absolute Gasteiger partial charge is 0.329 e. The molecule has 130 valence electrons. The van der Waals surface area contributed by atoms with Crippen LogP contribution in [0.15, 0.2) is 95.4 Å². The van der Waals surface area contributed by atoms with Gasteiger partial charge >= 0.3 is 5.84 Å². The third kappa shape index (κ3) is 2.75. The highest BCUT2D eigenvalue weighted by Gasteiger charge is 2.22. The van der Waals surface area contributed by atoms with Crippen molar-refractivity contribution in [1.29, 1.82) is 0 Å². The first kappa shape index (κ1) is 15.4. The van der Waals surface area contributed by atoms with Gasteiger partial charge in [0.05, 0.1) is 0 Å². The molecule has 0 unspecified atom stereocenters. The molecule has 2 heterocycles. The maximum absolute atomic E-state index is 6.11. The highest BCUT2D eigenvalue weighted by molar-refractivity contribution is 5.80. The second-order valence-electron chi connectivity index (χ2n) is 6.14. The van der Waals surface area contributed by atoms with Crippen LogP contribution in [0.1, 0.15) is 0 Å². The van der Waals surface area contributed by atoms with Crippen LogP contribution in [0.3, 0.4) is 0 Å². The monoisotopic (exact) mass is 352 g/mol. The minimum absolute atomic E-state index is 0.450. The molecule has 0 radical (unpaired) electrons. The van der Waals surface area contributed by atoms with Crippen LogP contribution in [0.2, 0.25) is 0 Å². The Labute approximate surface area is 155 Å². The zero-order chi connectivity index (χ0) is 18.1. The fraction of sp³-hybridized carbons (Fsp3) is 0. The average molecular weight is 352 g/mol. The van der Waals surface area contributed by atoms with Gasteiger partial charge in [0.2, 0.25) is 5.95 Å². The Balaban J connectivity index is 1.74. The van der Waals surface area contributed by atoms with E-state index in [0.717, 1.165) is 28.3 Å². The van der Waals surface area contributed by atoms with Crippen molar-refractivity contribution in [2.24, 2.45) is 0 Å². The molecule has 5 heteroatoms. The molecular formula is C22H16N4O. The van der Waals surface area contributed by atoms with Crippen molar-refractivity contribution in [2.45, 2.75) is 0 Å². The van der Waals surface area contributed by atoms with Crippen LogP contribution in [0.5, 0.6) is 0 Å². The van der Waals surface area contributed by atoms with E-state index in [1.165, 1.54) is 0 Å². The quantitative estimate of drug-likeness (QED) is 0.470. The molecule has 0 atom stereocenters. The highest BCUT2D eigenvalue weighted by Crippen LogP contribution is 2.36. The van der Waals surface area contributed by atoms with Crippen LogP contribution >= 0.6 is 0 Å². The molecule has 5 rings (SSSR count). The SMILES string of the molecule is c1ccc(Nc2nnc3oc(-c4ccccc4)c(-c4ccccc4)n23)cc1. The standard InChI is InChI=1S/C22H16N4O/c1-4-10-16(11-5-1)19-20(17-12-6-2-7-13-17)27-22-25-24-21(26(19)22)23-18-14-8-3-9-15-18/h1-15H,(H,23,24). The van der Waals surface area contributed by atoms with Gasteiger partial charge < -0.3 is 9.73 Å². The van der Waals surface area contributed by atoms with E-state index in [2.05, 4.69) is 27.6 Å². The fourth-order valence-corrected chi connectivity index (χ4v) is 3.15.